The lowest BCUT2D eigenvalue weighted by Gasteiger charge is -2.20. The molecule has 0 amide bonds. The predicted molar refractivity (Wildman–Crippen MR) is 67.5 cm³/mol. The second-order valence-corrected chi connectivity index (χ2v) is 5.45. The molecule has 0 aromatic rings. The lowest BCUT2D eigenvalue weighted by Crippen LogP contribution is -2.37. The lowest BCUT2D eigenvalue weighted by atomic mass is 9.96. The van der Waals surface area contributed by atoms with E-state index in [4.69, 9.17) is 10.00 Å². The zero-order valence-corrected chi connectivity index (χ0v) is 10.7. The maximum absolute atomic E-state index is 9.15. The van der Waals surface area contributed by atoms with E-state index in [9.17, 15) is 0 Å². The molecule has 0 aromatic heterocycles. The molecule has 1 N–H and O–H groups in total. The van der Waals surface area contributed by atoms with Crippen molar-refractivity contribution in [3.63, 3.8) is 0 Å². The molecule has 2 atom stereocenters. The van der Waals surface area contributed by atoms with Crippen LogP contribution < -0.4 is 5.32 Å². The molecule has 0 aromatic carbocycles. The topological polar surface area (TPSA) is 45.0 Å². The molecule has 2 rings (SSSR count). The van der Waals surface area contributed by atoms with E-state index in [0.29, 0.717) is 6.04 Å². The van der Waals surface area contributed by atoms with E-state index in [2.05, 4.69) is 11.4 Å². The Morgan fingerprint density at radius 1 is 1.12 bits per heavy atom. The first kappa shape index (κ1) is 12.9. The summed E-state index contributed by atoms with van der Waals surface area (Å²) >= 11 is 0. The van der Waals surface area contributed by atoms with Crippen LogP contribution in [0.4, 0.5) is 0 Å². The molecular weight excluding hydrogens is 212 g/mol. The van der Waals surface area contributed by atoms with Crippen molar-refractivity contribution in [3.05, 3.63) is 0 Å². The minimum Gasteiger partial charge on any atom is -0.380 e. The molecule has 2 unspecified atom stereocenters. The fourth-order valence-corrected chi connectivity index (χ4v) is 2.56. The molecule has 3 nitrogen and oxygen atoms in total. The van der Waals surface area contributed by atoms with E-state index in [0.717, 1.165) is 38.5 Å². The predicted octanol–water partition coefficient (Wildman–Crippen LogP) is 2.48. The Hall–Kier alpha value is -0.590. The molecule has 17 heavy (non-hydrogen) atoms. The highest BCUT2D eigenvalue weighted by Gasteiger charge is 2.23. The quantitative estimate of drug-likeness (QED) is 0.569. The van der Waals surface area contributed by atoms with Gasteiger partial charge in [0, 0.05) is 19.2 Å². The normalized spacial score (nSPS) is 29.6. The van der Waals surface area contributed by atoms with Gasteiger partial charge in [0.2, 0.25) is 0 Å². The number of rotatable bonds is 6. The van der Waals surface area contributed by atoms with Crippen molar-refractivity contribution >= 4 is 0 Å². The van der Waals surface area contributed by atoms with Gasteiger partial charge in [-0.25, -0.2) is 0 Å². The minimum absolute atomic E-state index is 0.209. The van der Waals surface area contributed by atoms with Crippen LogP contribution in [0.1, 0.15) is 44.9 Å². The summed E-state index contributed by atoms with van der Waals surface area (Å²) in [6, 6.07) is 2.86. The molecule has 0 aliphatic heterocycles. The van der Waals surface area contributed by atoms with Crippen molar-refractivity contribution in [3.8, 4) is 6.07 Å². The molecule has 0 radical (unpaired) electrons. The van der Waals surface area contributed by atoms with Gasteiger partial charge in [0.1, 0.15) is 0 Å². The van der Waals surface area contributed by atoms with Crippen LogP contribution in [-0.4, -0.2) is 25.8 Å². The van der Waals surface area contributed by atoms with Crippen LogP contribution in [-0.2, 0) is 4.74 Å². The third kappa shape index (κ3) is 4.65. The van der Waals surface area contributed by atoms with Crippen molar-refractivity contribution in [2.45, 2.75) is 51.0 Å². The first-order valence-corrected chi connectivity index (χ1v) is 7.11. The van der Waals surface area contributed by atoms with E-state index in [-0.39, 0.29) is 5.92 Å². The van der Waals surface area contributed by atoms with Gasteiger partial charge >= 0.3 is 0 Å². The van der Waals surface area contributed by atoms with Crippen molar-refractivity contribution in [2.24, 2.45) is 11.8 Å². The standard InChI is InChI=1S/C14H24N2O/c15-10-13-4-2-1-3-5-14(13)16-8-9-17-11-12-6-7-12/h12-14,16H,1-9,11H2. The molecule has 2 fully saturated rings. The van der Waals surface area contributed by atoms with E-state index >= 15 is 0 Å². The molecule has 0 heterocycles. The zero-order valence-electron chi connectivity index (χ0n) is 10.7. The molecule has 0 spiro atoms. The van der Waals surface area contributed by atoms with Crippen molar-refractivity contribution in [2.75, 3.05) is 19.8 Å². The van der Waals surface area contributed by atoms with E-state index < -0.39 is 0 Å². The second-order valence-electron chi connectivity index (χ2n) is 5.45. The molecule has 3 heteroatoms. The van der Waals surface area contributed by atoms with E-state index in [1.165, 1.54) is 32.1 Å². The Kier molecular flexibility index (Phi) is 5.28. The molecule has 2 aliphatic rings. The minimum atomic E-state index is 0.209. The van der Waals surface area contributed by atoms with Gasteiger partial charge in [0.15, 0.2) is 0 Å². The smallest absolute Gasteiger partial charge is 0.0672 e. The summed E-state index contributed by atoms with van der Waals surface area (Å²) in [6.07, 6.45) is 8.69. The fraction of sp³-hybridized carbons (Fsp3) is 0.929. The summed E-state index contributed by atoms with van der Waals surface area (Å²) < 4.78 is 5.60. The molecule has 0 saturated heterocycles. The molecule has 96 valence electrons. The number of nitriles is 1. The number of nitrogens with one attached hydrogen (secondary N) is 1. The number of ether oxygens (including phenoxy) is 1. The average Bonchev–Trinajstić information content (AvgIpc) is 3.15. The third-order valence-electron chi connectivity index (χ3n) is 3.89. The van der Waals surface area contributed by atoms with Crippen molar-refractivity contribution in [1.82, 2.24) is 5.32 Å². The zero-order chi connectivity index (χ0) is 11.9. The van der Waals surface area contributed by atoms with Crippen LogP contribution >= 0.6 is 0 Å². The molecule has 0 bridgehead atoms. The number of hydrogen-bond donors (Lipinski definition) is 1. The summed E-state index contributed by atoms with van der Waals surface area (Å²) in [5.74, 6) is 1.06. The van der Waals surface area contributed by atoms with Gasteiger partial charge in [0.25, 0.3) is 0 Å². The van der Waals surface area contributed by atoms with Crippen LogP contribution in [0.3, 0.4) is 0 Å². The Balaban J connectivity index is 1.59. The summed E-state index contributed by atoms with van der Waals surface area (Å²) in [5.41, 5.74) is 0. The van der Waals surface area contributed by atoms with Gasteiger partial charge in [-0.05, 0) is 31.6 Å². The van der Waals surface area contributed by atoms with Crippen LogP contribution in [0.2, 0.25) is 0 Å². The largest absolute Gasteiger partial charge is 0.380 e. The SMILES string of the molecule is N#CC1CCCCCC1NCCOCC1CC1. The van der Waals surface area contributed by atoms with Crippen LogP contribution in [0.15, 0.2) is 0 Å². The number of nitrogens with zero attached hydrogens (tertiary/aromatic N) is 1. The van der Waals surface area contributed by atoms with Gasteiger partial charge in [-0.1, -0.05) is 19.3 Å². The molecule has 2 aliphatic carbocycles. The summed E-state index contributed by atoms with van der Waals surface area (Å²) in [7, 11) is 0. The van der Waals surface area contributed by atoms with Gasteiger partial charge in [-0.3, -0.25) is 0 Å². The highest BCUT2D eigenvalue weighted by Crippen LogP contribution is 2.28. The monoisotopic (exact) mass is 236 g/mol. The van der Waals surface area contributed by atoms with Gasteiger partial charge < -0.3 is 10.1 Å². The van der Waals surface area contributed by atoms with Crippen LogP contribution in [0, 0.1) is 23.2 Å². The third-order valence-corrected chi connectivity index (χ3v) is 3.89. The maximum atomic E-state index is 9.15. The highest BCUT2D eigenvalue weighted by atomic mass is 16.5. The van der Waals surface area contributed by atoms with Crippen LogP contribution in [0.5, 0.6) is 0 Å². The van der Waals surface area contributed by atoms with Gasteiger partial charge in [0.05, 0.1) is 18.6 Å². The van der Waals surface area contributed by atoms with Crippen LogP contribution in [0.25, 0.3) is 0 Å². The van der Waals surface area contributed by atoms with Gasteiger partial charge in [-0.2, -0.15) is 5.26 Å². The van der Waals surface area contributed by atoms with Gasteiger partial charge in [-0.15, -0.1) is 0 Å². The Labute approximate surface area is 105 Å². The number of hydrogen-bond acceptors (Lipinski definition) is 3. The summed E-state index contributed by atoms with van der Waals surface area (Å²) in [4.78, 5) is 0. The molecule has 2 saturated carbocycles. The molecular formula is C14H24N2O. The highest BCUT2D eigenvalue weighted by molar-refractivity contribution is 4.93. The van der Waals surface area contributed by atoms with E-state index in [1.54, 1.807) is 0 Å². The Morgan fingerprint density at radius 2 is 1.94 bits per heavy atom. The average molecular weight is 236 g/mol. The second kappa shape index (κ2) is 6.98. The maximum Gasteiger partial charge on any atom is 0.0672 e. The van der Waals surface area contributed by atoms with Crippen molar-refractivity contribution in [1.29, 1.82) is 5.26 Å². The fourth-order valence-electron chi connectivity index (χ4n) is 2.56. The lowest BCUT2D eigenvalue weighted by molar-refractivity contribution is 0.122. The Morgan fingerprint density at radius 3 is 2.71 bits per heavy atom. The Bertz CT molecular complexity index is 257. The summed E-state index contributed by atoms with van der Waals surface area (Å²) in [6.45, 7) is 2.63. The first-order valence-electron chi connectivity index (χ1n) is 7.11. The van der Waals surface area contributed by atoms with E-state index in [1.807, 2.05) is 0 Å². The van der Waals surface area contributed by atoms with Crippen molar-refractivity contribution < 1.29 is 4.74 Å². The summed E-state index contributed by atoms with van der Waals surface area (Å²) in [5, 5.41) is 12.7. The first-order chi connectivity index (χ1) is 8.40.